The highest BCUT2D eigenvalue weighted by molar-refractivity contribution is 7.99. The molecule has 0 radical (unpaired) electrons. The second-order valence-electron chi connectivity index (χ2n) is 4.18. The van der Waals surface area contributed by atoms with Crippen molar-refractivity contribution in [3.8, 4) is 0 Å². The molecule has 4 heteroatoms. The summed E-state index contributed by atoms with van der Waals surface area (Å²) in [6.45, 7) is 3.37. The smallest absolute Gasteiger partial charge is 0.0430 e. The lowest BCUT2D eigenvalue weighted by Gasteiger charge is -2.39. The van der Waals surface area contributed by atoms with Crippen molar-refractivity contribution in [3.05, 3.63) is 0 Å². The van der Waals surface area contributed by atoms with Crippen LogP contribution >= 0.6 is 23.5 Å². The van der Waals surface area contributed by atoms with Gasteiger partial charge < -0.3 is 5.73 Å². The monoisotopic (exact) mass is 232 g/mol. The largest absolute Gasteiger partial charge is 0.329 e. The van der Waals surface area contributed by atoms with Crippen LogP contribution in [0.3, 0.4) is 0 Å². The molecule has 1 unspecified atom stereocenters. The molecular formula is C10H20N2S2. The fourth-order valence-corrected chi connectivity index (χ4v) is 4.74. The average Bonchev–Trinajstić information content (AvgIpc) is 2.54. The predicted octanol–water partition coefficient (Wildman–Crippen LogP) is 1.26. The molecule has 2 saturated heterocycles. The molecule has 2 aliphatic heterocycles. The lowest BCUT2D eigenvalue weighted by atomic mass is 9.96. The number of rotatable bonds is 2. The first-order valence-electron chi connectivity index (χ1n) is 5.48. The van der Waals surface area contributed by atoms with Crippen LogP contribution in [0.15, 0.2) is 0 Å². The number of nitrogens with zero attached hydrogens (tertiary/aromatic N) is 1. The SMILES string of the molecule is NCC1(N2CCCSCC2)CCSC1. The van der Waals surface area contributed by atoms with Crippen LogP contribution in [-0.2, 0) is 0 Å². The second kappa shape index (κ2) is 5.10. The van der Waals surface area contributed by atoms with E-state index < -0.39 is 0 Å². The molecule has 2 aliphatic rings. The molecule has 2 nitrogen and oxygen atoms in total. The third kappa shape index (κ3) is 2.23. The molecule has 0 amide bonds. The Morgan fingerprint density at radius 2 is 2.07 bits per heavy atom. The van der Waals surface area contributed by atoms with Crippen LogP contribution in [0.1, 0.15) is 12.8 Å². The van der Waals surface area contributed by atoms with Gasteiger partial charge >= 0.3 is 0 Å². The van der Waals surface area contributed by atoms with E-state index in [1.807, 2.05) is 0 Å². The van der Waals surface area contributed by atoms with Crippen molar-refractivity contribution in [1.29, 1.82) is 0 Å². The summed E-state index contributed by atoms with van der Waals surface area (Å²) in [5.41, 5.74) is 6.35. The van der Waals surface area contributed by atoms with Gasteiger partial charge in [-0.25, -0.2) is 0 Å². The van der Waals surface area contributed by atoms with Gasteiger partial charge in [0, 0.05) is 30.1 Å². The summed E-state index contributed by atoms with van der Waals surface area (Å²) in [5.74, 6) is 5.20. The predicted molar refractivity (Wildman–Crippen MR) is 67.2 cm³/mol. The van der Waals surface area contributed by atoms with Crippen LogP contribution in [0.4, 0.5) is 0 Å². The standard InChI is InChI=1S/C10H20N2S2/c11-8-10(2-6-14-9-10)12-3-1-5-13-7-4-12/h1-9,11H2. The van der Waals surface area contributed by atoms with E-state index in [0.717, 1.165) is 6.54 Å². The third-order valence-corrected chi connectivity index (χ3v) is 5.64. The van der Waals surface area contributed by atoms with E-state index in [1.54, 1.807) is 0 Å². The Balaban J connectivity index is 2.01. The topological polar surface area (TPSA) is 29.3 Å². The number of nitrogens with two attached hydrogens (primary N) is 1. The number of hydrogen-bond donors (Lipinski definition) is 1. The average molecular weight is 232 g/mol. The van der Waals surface area contributed by atoms with Crippen LogP contribution in [-0.4, -0.2) is 53.1 Å². The van der Waals surface area contributed by atoms with Crippen LogP contribution < -0.4 is 5.73 Å². The van der Waals surface area contributed by atoms with Gasteiger partial charge in [0.1, 0.15) is 0 Å². The summed E-state index contributed by atoms with van der Waals surface area (Å²) in [5, 5.41) is 0. The minimum Gasteiger partial charge on any atom is -0.329 e. The van der Waals surface area contributed by atoms with Gasteiger partial charge in [-0.1, -0.05) is 0 Å². The molecule has 0 aliphatic carbocycles. The highest BCUT2D eigenvalue weighted by Gasteiger charge is 2.38. The van der Waals surface area contributed by atoms with Gasteiger partial charge in [0.15, 0.2) is 0 Å². The van der Waals surface area contributed by atoms with E-state index in [0.29, 0.717) is 5.54 Å². The molecule has 14 heavy (non-hydrogen) atoms. The van der Waals surface area contributed by atoms with E-state index in [9.17, 15) is 0 Å². The summed E-state index contributed by atoms with van der Waals surface area (Å²) >= 11 is 4.18. The van der Waals surface area contributed by atoms with Crippen molar-refractivity contribution in [1.82, 2.24) is 4.90 Å². The Morgan fingerprint density at radius 3 is 2.79 bits per heavy atom. The van der Waals surface area contributed by atoms with E-state index in [-0.39, 0.29) is 0 Å². The van der Waals surface area contributed by atoms with Crippen molar-refractivity contribution in [2.75, 3.05) is 42.6 Å². The first-order valence-corrected chi connectivity index (χ1v) is 7.79. The summed E-state index contributed by atoms with van der Waals surface area (Å²) in [6, 6.07) is 0. The van der Waals surface area contributed by atoms with Gasteiger partial charge in [-0.2, -0.15) is 23.5 Å². The summed E-state index contributed by atoms with van der Waals surface area (Å²) in [7, 11) is 0. The summed E-state index contributed by atoms with van der Waals surface area (Å²) in [6.07, 6.45) is 2.65. The zero-order valence-electron chi connectivity index (χ0n) is 8.71. The Morgan fingerprint density at radius 1 is 1.14 bits per heavy atom. The van der Waals surface area contributed by atoms with Gasteiger partial charge in [-0.15, -0.1) is 0 Å². The number of hydrogen-bond acceptors (Lipinski definition) is 4. The Labute approximate surface area is 95.4 Å². The normalized spacial score (nSPS) is 35.8. The molecule has 2 heterocycles. The zero-order chi connectivity index (χ0) is 9.86. The lowest BCUT2D eigenvalue weighted by Crippen LogP contribution is -2.54. The Kier molecular flexibility index (Phi) is 4.05. The maximum Gasteiger partial charge on any atom is 0.0430 e. The molecule has 0 aromatic carbocycles. The fraction of sp³-hybridized carbons (Fsp3) is 1.00. The summed E-state index contributed by atoms with van der Waals surface area (Å²) < 4.78 is 0. The Bertz CT molecular complexity index is 173. The van der Waals surface area contributed by atoms with Crippen molar-refractivity contribution in [2.24, 2.45) is 5.73 Å². The van der Waals surface area contributed by atoms with Crippen LogP contribution in [0, 0.1) is 0 Å². The van der Waals surface area contributed by atoms with Crippen molar-refractivity contribution in [2.45, 2.75) is 18.4 Å². The van der Waals surface area contributed by atoms with Crippen molar-refractivity contribution < 1.29 is 0 Å². The van der Waals surface area contributed by atoms with E-state index >= 15 is 0 Å². The maximum atomic E-state index is 5.99. The van der Waals surface area contributed by atoms with Crippen molar-refractivity contribution in [3.63, 3.8) is 0 Å². The molecule has 0 aromatic heterocycles. The van der Waals surface area contributed by atoms with Gasteiger partial charge in [0.2, 0.25) is 0 Å². The first kappa shape index (κ1) is 11.1. The second-order valence-corrected chi connectivity index (χ2v) is 6.51. The molecular weight excluding hydrogens is 212 g/mol. The molecule has 0 aromatic rings. The van der Waals surface area contributed by atoms with Crippen LogP contribution in [0.25, 0.3) is 0 Å². The molecule has 2 rings (SSSR count). The highest BCUT2D eigenvalue weighted by Crippen LogP contribution is 2.33. The molecule has 2 N–H and O–H groups in total. The van der Waals surface area contributed by atoms with Gasteiger partial charge in [0.05, 0.1) is 0 Å². The van der Waals surface area contributed by atoms with E-state index in [4.69, 9.17) is 5.73 Å². The Hall–Kier alpha value is 0.620. The minimum atomic E-state index is 0.357. The molecule has 0 bridgehead atoms. The lowest BCUT2D eigenvalue weighted by molar-refractivity contribution is 0.127. The maximum absolute atomic E-state index is 5.99. The van der Waals surface area contributed by atoms with E-state index in [1.165, 1.54) is 48.9 Å². The zero-order valence-corrected chi connectivity index (χ0v) is 10.3. The molecule has 82 valence electrons. The van der Waals surface area contributed by atoms with Crippen molar-refractivity contribution >= 4 is 23.5 Å². The first-order chi connectivity index (χ1) is 6.87. The van der Waals surface area contributed by atoms with Gasteiger partial charge in [-0.05, 0) is 30.9 Å². The summed E-state index contributed by atoms with van der Waals surface area (Å²) in [4.78, 5) is 2.67. The molecule has 1 atom stereocenters. The van der Waals surface area contributed by atoms with Crippen LogP contribution in [0.2, 0.25) is 0 Å². The van der Waals surface area contributed by atoms with E-state index in [2.05, 4.69) is 28.4 Å². The van der Waals surface area contributed by atoms with Gasteiger partial charge in [-0.3, -0.25) is 4.90 Å². The van der Waals surface area contributed by atoms with Crippen LogP contribution in [0.5, 0.6) is 0 Å². The molecule has 0 saturated carbocycles. The minimum absolute atomic E-state index is 0.357. The molecule has 0 spiro atoms. The quantitative estimate of drug-likeness (QED) is 0.776. The third-order valence-electron chi connectivity index (χ3n) is 3.36. The fourth-order valence-electron chi connectivity index (χ4n) is 2.36. The molecule has 2 fully saturated rings. The number of thioether (sulfide) groups is 2. The van der Waals surface area contributed by atoms with Gasteiger partial charge in [0.25, 0.3) is 0 Å². The highest BCUT2D eigenvalue weighted by atomic mass is 32.2.